The summed E-state index contributed by atoms with van der Waals surface area (Å²) >= 11 is 0. The number of benzene rings is 1. The molecule has 7 nitrogen and oxygen atoms in total. The summed E-state index contributed by atoms with van der Waals surface area (Å²) in [7, 11) is 0. The Kier molecular flexibility index (Phi) is 4.79. The number of nitrogens with one attached hydrogen (secondary N) is 1. The number of nitrogens with zero attached hydrogens (tertiary/aromatic N) is 3. The van der Waals surface area contributed by atoms with Gasteiger partial charge in [-0.05, 0) is 19.1 Å². The lowest BCUT2D eigenvalue weighted by Crippen LogP contribution is -2.52. The van der Waals surface area contributed by atoms with Crippen LogP contribution in [0.4, 0.5) is 4.79 Å². The Labute approximate surface area is 139 Å². The van der Waals surface area contributed by atoms with Gasteiger partial charge >= 0.3 is 6.03 Å². The van der Waals surface area contributed by atoms with Crippen LogP contribution < -0.4 is 5.32 Å². The summed E-state index contributed by atoms with van der Waals surface area (Å²) < 4.78 is 5.55. The first-order valence-electron chi connectivity index (χ1n) is 8.02. The second-order valence-electron chi connectivity index (χ2n) is 5.50. The maximum absolute atomic E-state index is 12.2. The Morgan fingerprint density at radius 1 is 1.21 bits per heavy atom. The van der Waals surface area contributed by atoms with Crippen LogP contribution in [0.3, 0.4) is 0 Å². The van der Waals surface area contributed by atoms with Crippen molar-refractivity contribution < 1.29 is 14.0 Å². The van der Waals surface area contributed by atoms with Gasteiger partial charge in [-0.25, -0.2) is 9.78 Å². The lowest BCUT2D eigenvalue weighted by molar-refractivity contribution is -0.127. The first kappa shape index (κ1) is 16.0. The van der Waals surface area contributed by atoms with Gasteiger partial charge in [0, 0.05) is 44.9 Å². The molecule has 1 aromatic heterocycles. The average molecular weight is 328 g/mol. The number of aromatic nitrogens is 1. The summed E-state index contributed by atoms with van der Waals surface area (Å²) in [6, 6.07) is 7.38. The zero-order chi connectivity index (χ0) is 16.9. The SMILES string of the molecule is CCNC(=O)N1CCN(C(=O)/C=C/c2nc3ccccc3o2)CC1. The standard InChI is InChI=1S/C17H20N4O3/c1-2-18-17(23)21-11-9-20(10-12-21)16(22)8-7-15-19-13-5-3-4-6-14(13)24-15/h3-8H,2,9-12H2,1H3,(H,18,23)/b8-7+. The molecule has 0 bridgehead atoms. The average Bonchev–Trinajstić information content (AvgIpc) is 3.03. The van der Waals surface area contributed by atoms with Gasteiger partial charge in [0.15, 0.2) is 5.58 Å². The predicted octanol–water partition coefficient (Wildman–Crippen LogP) is 1.71. The minimum Gasteiger partial charge on any atom is -0.437 e. The van der Waals surface area contributed by atoms with Crippen LogP contribution in [0.15, 0.2) is 34.8 Å². The highest BCUT2D eigenvalue weighted by atomic mass is 16.3. The molecule has 0 aliphatic carbocycles. The number of rotatable bonds is 3. The minimum absolute atomic E-state index is 0.0772. The third-order valence-electron chi connectivity index (χ3n) is 3.89. The van der Waals surface area contributed by atoms with Crippen LogP contribution in [0, 0.1) is 0 Å². The zero-order valence-corrected chi connectivity index (χ0v) is 13.6. The highest BCUT2D eigenvalue weighted by Crippen LogP contribution is 2.15. The summed E-state index contributed by atoms with van der Waals surface area (Å²) in [5, 5.41) is 2.77. The molecule has 1 fully saturated rings. The zero-order valence-electron chi connectivity index (χ0n) is 13.6. The van der Waals surface area contributed by atoms with Crippen LogP contribution in [0.5, 0.6) is 0 Å². The third kappa shape index (κ3) is 3.56. The number of amides is 3. The maximum atomic E-state index is 12.2. The van der Waals surface area contributed by atoms with E-state index in [0.29, 0.717) is 44.2 Å². The molecule has 0 radical (unpaired) electrons. The number of urea groups is 1. The van der Waals surface area contributed by atoms with Crippen molar-refractivity contribution in [3.05, 3.63) is 36.2 Å². The van der Waals surface area contributed by atoms with E-state index in [9.17, 15) is 9.59 Å². The molecule has 126 valence electrons. The predicted molar refractivity (Wildman–Crippen MR) is 90.3 cm³/mol. The first-order valence-corrected chi connectivity index (χ1v) is 8.02. The van der Waals surface area contributed by atoms with E-state index in [2.05, 4.69) is 10.3 Å². The maximum Gasteiger partial charge on any atom is 0.317 e. The molecule has 0 atom stereocenters. The van der Waals surface area contributed by atoms with Gasteiger partial charge in [-0.2, -0.15) is 0 Å². The Balaban J connectivity index is 1.56. The Bertz CT molecular complexity index is 727. The summed E-state index contributed by atoms with van der Waals surface area (Å²) in [6.07, 6.45) is 3.05. The second-order valence-corrected chi connectivity index (χ2v) is 5.50. The van der Waals surface area contributed by atoms with E-state index in [-0.39, 0.29) is 11.9 Å². The van der Waals surface area contributed by atoms with Crippen LogP contribution in [0.1, 0.15) is 12.8 Å². The monoisotopic (exact) mass is 328 g/mol. The molecular formula is C17H20N4O3. The van der Waals surface area contributed by atoms with E-state index in [4.69, 9.17) is 4.42 Å². The molecule has 2 heterocycles. The molecule has 1 aromatic carbocycles. The highest BCUT2D eigenvalue weighted by molar-refractivity contribution is 5.91. The summed E-state index contributed by atoms with van der Waals surface area (Å²) in [6.45, 7) is 4.60. The van der Waals surface area contributed by atoms with Crippen molar-refractivity contribution in [3.63, 3.8) is 0 Å². The lowest BCUT2D eigenvalue weighted by Gasteiger charge is -2.34. The van der Waals surface area contributed by atoms with E-state index in [1.807, 2.05) is 31.2 Å². The van der Waals surface area contributed by atoms with E-state index >= 15 is 0 Å². The Morgan fingerprint density at radius 3 is 2.62 bits per heavy atom. The van der Waals surface area contributed by atoms with Gasteiger partial charge in [0.1, 0.15) is 5.52 Å². The normalized spacial score (nSPS) is 15.2. The number of carbonyl (C=O) groups excluding carboxylic acids is 2. The molecule has 1 aliphatic heterocycles. The van der Waals surface area contributed by atoms with Crippen LogP contribution in [0.25, 0.3) is 17.2 Å². The van der Waals surface area contributed by atoms with E-state index in [1.54, 1.807) is 15.9 Å². The van der Waals surface area contributed by atoms with Gasteiger partial charge in [0.2, 0.25) is 11.8 Å². The minimum atomic E-state index is -0.104. The van der Waals surface area contributed by atoms with Crippen molar-refractivity contribution >= 4 is 29.1 Å². The van der Waals surface area contributed by atoms with Crippen molar-refractivity contribution in [1.29, 1.82) is 0 Å². The molecule has 24 heavy (non-hydrogen) atoms. The number of piperazine rings is 1. The number of fused-ring (bicyclic) bond motifs is 1. The van der Waals surface area contributed by atoms with Crippen molar-refractivity contribution in [1.82, 2.24) is 20.1 Å². The van der Waals surface area contributed by atoms with Crippen LogP contribution in [-0.4, -0.2) is 59.4 Å². The second kappa shape index (κ2) is 7.16. The van der Waals surface area contributed by atoms with Gasteiger partial charge in [0.05, 0.1) is 0 Å². The van der Waals surface area contributed by atoms with E-state index in [0.717, 1.165) is 5.52 Å². The van der Waals surface area contributed by atoms with Gasteiger partial charge in [-0.15, -0.1) is 0 Å². The fourth-order valence-corrected chi connectivity index (χ4v) is 2.60. The lowest BCUT2D eigenvalue weighted by atomic mass is 10.3. The smallest absolute Gasteiger partial charge is 0.317 e. The summed E-state index contributed by atoms with van der Waals surface area (Å²) in [5.41, 5.74) is 1.46. The van der Waals surface area contributed by atoms with E-state index < -0.39 is 0 Å². The topological polar surface area (TPSA) is 78.7 Å². The van der Waals surface area contributed by atoms with Gasteiger partial charge < -0.3 is 19.5 Å². The molecule has 1 aliphatic rings. The number of carbonyl (C=O) groups is 2. The Hall–Kier alpha value is -2.83. The summed E-state index contributed by atoms with van der Waals surface area (Å²) in [5.74, 6) is 0.304. The van der Waals surface area contributed by atoms with Crippen molar-refractivity contribution in [3.8, 4) is 0 Å². The molecule has 3 rings (SSSR count). The molecule has 7 heteroatoms. The molecular weight excluding hydrogens is 308 g/mol. The van der Waals surface area contributed by atoms with Gasteiger partial charge in [-0.1, -0.05) is 12.1 Å². The van der Waals surface area contributed by atoms with Crippen LogP contribution in [-0.2, 0) is 4.79 Å². The largest absolute Gasteiger partial charge is 0.437 e. The molecule has 0 saturated carbocycles. The molecule has 1 saturated heterocycles. The summed E-state index contributed by atoms with van der Waals surface area (Å²) in [4.78, 5) is 31.7. The van der Waals surface area contributed by atoms with Crippen LogP contribution in [0.2, 0.25) is 0 Å². The fourth-order valence-electron chi connectivity index (χ4n) is 2.60. The Morgan fingerprint density at radius 2 is 1.92 bits per heavy atom. The third-order valence-corrected chi connectivity index (χ3v) is 3.89. The van der Waals surface area contributed by atoms with Gasteiger partial charge in [0.25, 0.3) is 0 Å². The van der Waals surface area contributed by atoms with Gasteiger partial charge in [-0.3, -0.25) is 4.79 Å². The molecule has 1 N–H and O–H groups in total. The van der Waals surface area contributed by atoms with Crippen molar-refractivity contribution in [2.45, 2.75) is 6.92 Å². The number of para-hydroxylation sites is 2. The van der Waals surface area contributed by atoms with Crippen LogP contribution >= 0.6 is 0 Å². The van der Waals surface area contributed by atoms with Crippen molar-refractivity contribution in [2.75, 3.05) is 32.7 Å². The number of oxazole rings is 1. The fraction of sp³-hybridized carbons (Fsp3) is 0.353. The molecule has 0 spiro atoms. The first-order chi connectivity index (χ1) is 11.7. The number of hydrogen-bond acceptors (Lipinski definition) is 4. The quantitative estimate of drug-likeness (QED) is 0.870. The number of hydrogen-bond donors (Lipinski definition) is 1. The molecule has 2 aromatic rings. The highest BCUT2D eigenvalue weighted by Gasteiger charge is 2.22. The van der Waals surface area contributed by atoms with Crippen molar-refractivity contribution in [2.24, 2.45) is 0 Å². The molecule has 0 unspecified atom stereocenters. The van der Waals surface area contributed by atoms with E-state index in [1.165, 1.54) is 6.08 Å². The molecule has 3 amide bonds.